The normalized spacial score (nSPS) is 12.0. The number of carbonyl (C=O) groups is 1. The molecule has 0 radical (unpaired) electrons. The highest BCUT2D eigenvalue weighted by atomic mass is 19.1. The zero-order chi connectivity index (χ0) is 24.0. The largest absolute Gasteiger partial charge is 0.496 e. The van der Waals surface area contributed by atoms with E-state index in [1.165, 1.54) is 11.8 Å². The van der Waals surface area contributed by atoms with E-state index in [-0.39, 0.29) is 48.6 Å². The summed E-state index contributed by atoms with van der Waals surface area (Å²) in [5.41, 5.74) is 1.43. The summed E-state index contributed by atoms with van der Waals surface area (Å²) in [5.74, 6) is -0.489. The van der Waals surface area contributed by atoms with Crippen LogP contribution in [0.2, 0.25) is 0 Å². The molecule has 0 spiro atoms. The number of amides is 1. The number of aliphatic hydroxyl groups excluding tert-OH is 2. The fourth-order valence-electron chi connectivity index (χ4n) is 3.58. The molecule has 12 heteroatoms. The minimum absolute atomic E-state index is 0.0614. The second-order valence-electron chi connectivity index (χ2n) is 7.42. The van der Waals surface area contributed by atoms with Crippen LogP contribution in [0.3, 0.4) is 0 Å². The van der Waals surface area contributed by atoms with Crippen LogP contribution < -0.4 is 15.4 Å². The molecule has 2 aromatic heterocycles. The summed E-state index contributed by atoms with van der Waals surface area (Å²) in [5, 5.41) is 37.0. The first-order valence-electron chi connectivity index (χ1n) is 10.5. The second-order valence-corrected chi connectivity index (χ2v) is 7.42. The molecular formula is C21H27FN6O5. The van der Waals surface area contributed by atoms with E-state index in [2.05, 4.69) is 20.4 Å². The van der Waals surface area contributed by atoms with Gasteiger partial charge in [0.2, 0.25) is 5.95 Å². The first-order valence-corrected chi connectivity index (χ1v) is 10.5. The Bertz CT molecular complexity index is 1120. The minimum atomic E-state index is -1.39. The molecule has 5 N–H and O–H groups in total. The summed E-state index contributed by atoms with van der Waals surface area (Å²) >= 11 is 0. The van der Waals surface area contributed by atoms with Crippen molar-refractivity contribution in [2.75, 3.05) is 24.4 Å². The maximum absolute atomic E-state index is 14.8. The molecule has 0 bridgehead atoms. The molecule has 3 aromatic rings. The van der Waals surface area contributed by atoms with E-state index in [9.17, 15) is 19.4 Å². The number of aliphatic hydroxyl groups is 2. The van der Waals surface area contributed by atoms with E-state index in [4.69, 9.17) is 9.84 Å². The molecule has 0 aliphatic heterocycles. The smallest absolute Gasteiger partial charge is 0.411 e. The number of anilines is 2. The van der Waals surface area contributed by atoms with Crippen LogP contribution in [0.25, 0.3) is 11.0 Å². The van der Waals surface area contributed by atoms with Crippen LogP contribution in [0, 0.1) is 5.95 Å². The minimum Gasteiger partial charge on any atom is -0.496 e. The predicted molar refractivity (Wildman–Crippen MR) is 119 cm³/mol. The predicted octanol–water partition coefficient (Wildman–Crippen LogP) is 2.57. The maximum atomic E-state index is 14.8. The van der Waals surface area contributed by atoms with Gasteiger partial charge in [0.05, 0.1) is 20.3 Å². The lowest BCUT2D eigenvalue weighted by Crippen LogP contribution is -2.23. The maximum Gasteiger partial charge on any atom is 0.411 e. The third-order valence-corrected chi connectivity index (χ3v) is 5.07. The molecule has 1 aromatic carbocycles. The van der Waals surface area contributed by atoms with E-state index >= 15 is 0 Å². The van der Waals surface area contributed by atoms with Gasteiger partial charge in [0.1, 0.15) is 11.3 Å². The second kappa shape index (κ2) is 10.9. The van der Waals surface area contributed by atoms with Crippen molar-refractivity contribution >= 4 is 28.9 Å². The lowest BCUT2D eigenvalue weighted by atomic mass is 10.1. The van der Waals surface area contributed by atoms with E-state index in [0.717, 1.165) is 6.42 Å². The number of nitrogens with zero attached hydrogens (tertiary/aromatic N) is 4. The topological polar surface area (TPSA) is 155 Å². The number of halogens is 1. The average molecular weight is 462 g/mol. The molecule has 0 saturated carbocycles. The number of methoxy groups -OCH3 is 1. The highest BCUT2D eigenvalue weighted by Crippen LogP contribution is 2.29. The summed E-state index contributed by atoms with van der Waals surface area (Å²) in [4.78, 5) is 19.3. The fourth-order valence-corrected chi connectivity index (χ4v) is 3.58. The van der Waals surface area contributed by atoms with E-state index in [0.29, 0.717) is 29.7 Å². The molecule has 1 amide bonds. The van der Waals surface area contributed by atoms with Gasteiger partial charge in [-0.3, -0.25) is 10.00 Å². The number of fused-ring (bicyclic) bond motifs is 1. The van der Waals surface area contributed by atoms with Gasteiger partial charge in [-0.2, -0.15) is 9.37 Å². The van der Waals surface area contributed by atoms with Crippen LogP contribution >= 0.6 is 0 Å². The van der Waals surface area contributed by atoms with Crippen molar-refractivity contribution in [1.29, 1.82) is 0 Å². The average Bonchev–Trinajstić information content (AvgIpc) is 3.09. The van der Waals surface area contributed by atoms with Crippen molar-refractivity contribution < 1.29 is 29.2 Å². The molecule has 11 nitrogen and oxygen atoms in total. The van der Waals surface area contributed by atoms with Crippen LogP contribution in [-0.2, 0) is 13.2 Å². The third-order valence-electron chi connectivity index (χ3n) is 5.07. The summed E-state index contributed by atoms with van der Waals surface area (Å²) in [6.07, 6.45) is 0.575. The van der Waals surface area contributed by atoms with Crippen molar-refractivity contribution in [1.82, 2.24) is 19.7 Å². The van der Waals surface area contributed by atoms with Crippen molar-refractivity contribution in [3.05, 3.63) is 35.3 Å². The third kappa shape index (κ3) is 5.65. The van der Waals surface area contributed by atoms with Crippen molar-refractivity contribution in [3.63, 3.8) is 0 Å². The Morgan fingerprint density at radius 2 is 2.06 bits per heavy atom. The van der Waals surface area contributed by atoms with Gasteiger partial charge in [-0.15, -0.1) is 5.10 Å². The Morgan fingerprint density at radius 1 is 1.27 bits per heavy atom. The van der Waals surface area contributed by atoms with Crippen LogP contribution in [0.1, 0.15) is 37.3 Å². The molecule has 178 valence electrons. The van der Waals surface area contributed by atoms with Crippen LogP contribution in [-0.4, -0.2) is 60.9 Å². The molecule has 0 aliphatic rings. The first kappa shape index (κ1) is 24.1. The highest BCUT2D eigenvalue weighted by molar-refractivity contribution is 5.89. The molecule has 1 atom stereocenters. The SMILES string of the molecule is CCC[C@@H](CCO)Nc1nc(NC(=O)O)nc2c(F)nn(Cc3ccc(CO)cc3OC)c12. The summed E-state index contributed by atoms with van der Waals surface area (Å²) in [7, 11) is 1.49. The molecule has 0 saturated heterocycles. The molecule has 33 heavy (non-hydrogen) atoms. The summed E-state index contributed by atoms with van der Waals surface area (Å²) in [6, 6.07) is 4.97. The van der Waals surface area contributed by atoms with Crippen molar-refractivity contribution in [2.24, 2.45) is 0 Å². The van der Waals surface area contributed by atoms with Gasteiger partial charge in [0, 0.05) is 18.2 Å². The number of nitrogens with one attached hydrogen (secondary N) is 2. The quantitative estimate of drug-likeness (QED) is 0.289. The number of rotatable bonds is 11. The van der Waals surface area contributed by atoms with Crippen LogP contribution in [0.4, 0.5) is 21.0 Å². The summed E-state index contributed by atoms with van der Waals surface area (Å²) < 4.78 is 21.6. The number of aromatic nitrogens is 4. The number of ether oxygens (including phenoxy) is 1. The molecule has 0 aliphatic carbocycles. The van der Waals surface area contributed by atoms with Gasteiger partial charge in [-0.25, -0.2) is 9.78 Å². The lowest BCUT2D eigenvalue weighted by molar-refractivity contribution is 0.209. The number of carboxylic acid groups (broad SMARTS) is 1. The molecule has 2 heterocycles. The zero-order valence-electron chi connectivity index (χ0n) is 18.4. The fraction of sp³-hybridized carbons (Fsp3) is 0.429. The van der Waals surface area contributed by atoms with Gasteiger partial charge in [0.25, 0.3) is 5.95 Å². The van der Waals surface area contributed by atoms with Crippen molar-refractivity contribution in [2.45, 2.75) is 45.4 Å². The Kier molecular flexibility index (Phi) is 7.96. The van der Waals surface area contributed by atoms with Gasteiger partial charge in [-0.05, 0) is 24.5 Å². The monoisotopic (exact) mass is 462 g/mol. The van der Waals surface area contributed by atoms with E-state index < -0.39 is 12.0 Å². The number of hydrogen-bond donors (Lipinski definition) is 5. The van der Waals surface area contributed by atoms with E-state index in [1.54, 1.807) is 18.2 Å². The molecule has 0 unspecified atom stereocenters. The zero-order valence-corrected chi connectivity index (χ0v) is 18.4. The molecular weight excluding hydrogens is 435 g/mol. The number of hydrogen-bond acceptors (Lipinski definition) is 8. The first-order chi connectivity index (χ1) is 15.9. The Balaban J connectivity index is 2.11. The van der Waals surface area contributed by atoms with Gasteiger partial charge in [0.15, 0.2) is 11.3 Å². The highest BCUT2D eigenvalue weighted by Gasteiger charge is 2.22. The Labute approximate surface area is 189 Å². The van der Waals surface area contributed by atoms with Gasteiger partial charge < -0.3 is 25.4 Å². The Morgan fingerprint density at radius 3 is 2.70 bits per heavy atom. The van der Waals surface area contributed by atoms with Crippen molar-refractivity contribution in [3.8, 4) is 5.75 Å². The molecule has 0 fully saturated rings. The Hall–Kier alpha value is -3.51. The van der Waals surface area contributed by atoms with Gasteiger partial charge >= 0.3 is 6.09 Å². The lowest BCUT2D eigenvalue weighted by Gasteiger charge is -2.19. The molecule has 3 rings (SSSR count). The van der Waals surface area contributed by atoms with Gasteiger partial charge in [-0.1, -0.05) is 25.5 Å². The van der Waals surface area contributed by atoms with Crippen LogP contribution in [0.15, 0.2) is 18.2 Å². The summed E-state index contributed by atoms with van der Waals surface area (Å²) in [6.45, 7) is 1.89. The van der Waals surface area contributed by atoms with E-state index in [1.807, 2.05) is 12.2 Å². The van der Waals surface area contributed by atoms with Crippen LogP contribution in [0.5, 0.6) is 5.75 Å². The standard InChI is InChI=1S/C21H27FN6O5/c1-3-4-14(7-8-29)23-19-17-16(24-20(25-19)26-21(31)32)18(22)27-28(17)10-13-6-5-12(11-30)9-15(13)33-2/h5-6,9,14,29-30H,3-4,7-8,10-11H2,1-2H3,(H,31,32)(H2,23,24,25,26)/t14-/m0/s1. The number of benzene rings is 1.